The Hall–Kier alpha value is -3.67. The number of fused-ring (bicyclic) bond motifs is 1. The lowest BCUT2D eigenvalue weighted by Gasteiger charge is -2.06. The second-order valence-corrected chi connectivity index (χ2v) is 5.55. The Labute approximate surface area is 143 Å². The van der Waals surface area contributed by atoms with Crippen LogP contribution in [0.3, 0.4) is 0 Å². The number of aromatic nitrogens is 3. The topological polar surface area (TPSA) is 84.7 Å². The van der Waals surface area contributed by atoms with E-state index in [0.717, 1.165) is 22.4 Å². The van der Waals surface area contributed by atoms with Gasteiger partial charge in [-0.2, -0.15) is 4.73 Å². The average Bonchev–Trinajstić information content (AvgIpc) is 3.07. The number of H-pyrrole nitrogens is 1. The van der Waals surface area contributed by atoms with E-state index >= 15 is 0 Å². The quantitative estimate of drug-likeness (QED) is 0.447. The van der Waals surface area contributed by atoms with Crippen LogP contribution in [0.2, 0.25) is 0 Å². The summed E-state index contributed by atoms with van der Waals surface area (Å²) in [5, 5.41) is 14.3. The van der Waals surface area contributed by atoms with Crippen molar-refractivity contribution >= 4 is 22.6 Å². The third-order valence-electron chi connectivity index (χ3n) is 3.86. The zero-order valence-electron chi connectivity index (χ0n) is 13.1. The summed E-state index contributed by atoms with van der Waals surface area (Å²) in [7, 11) is 0. The van der Waals surface area contributed by atoms with Gasteiger partial charge in [-0.25, -0.2) is 4.98 Å². The Morgan fingerprint density at radius 3 is 2.52 bits per heavy atom. The fourth-order valence-corrected chi connectivity index (χ4v) is 2.60. The summed E-state index contributed by atoms with van der Waals surface area (Å²) in [6.45, 7) is 0. The zero-order valence-corrected chi connectivity index (χ0v) is 13.1. The lowest BCUT2D eigenvalue weighted by atomic mass is 10.2. The van der Waals surface area contributed by atoms with Crippen LogP contribution in [0.25, 0.3) is 22.4 Å². The zero-order chi connectivity index (χ0) is 17.2. The molecule has 0 saturated carbocycles. The minimum Gasteiger partial charge on any atom is -0.618 e. The number of aromatic amines is 1. The van der Waals surface area contributed by atoms with Crippen LogP contribution in [0.4, 0.5) is 5.69 Å². The summed E-state index contributed by atoms with van der Waals surface area (Å²) in [6.07, 6.45) is 1.29. The van der Waals surface area contributed by atoms with Gasteiger partial charge in [-0.3, -0.25) is 4.79 Å². The predicted octanol–water partition coefficient (Wildman–Crippen LogP) is 3.12. The fraction of sp³-hybridized carbons (Fsp3) is 0. The van der Waals surface area contributed by atoms with E-state index in [1.807, 2.05) is 36.4 Å². The van der Waals surface area contributed by atoms with Crippen molar-refractivity contribution < 1.29 is 9.52 Å². The van der Waals surface area contributed by atoms with E-state index in [1.165, 1.54) is 12.3 Å². The molecule has 0 aliphatic heterocycles. The van der Waals surface area contributed by atoms with Gasteiger partial charge < -0.3 is 15.5 Å². The number of nitrogens with one attached hydrogen (secondary N) is 2. The molecule has 25 heavy (non-hydrogen) atoms. The summed E-state index contributed by atoms with van der Waals surface area (Å²) in [6, 6.07) is 19.8. The molecule has 2 aromatic heterocycles. The van der Waals surface area contributed by atoms with Gasteiger partial charge in [-0.05, 0) is 42.5 Å². The number of hydrogen-bond acceptors (Lipinski definition) is 3. The normalized spacial score (nSPS) is 10.7. The SMILES string of the molecule is O=C(Nc1ccc(-c2nc3ccccc3[nH]2)cc1)c1cccc[n+]1[O-]. The Bertz CT molecular complexity index is 1020. The van der Waals surface area contributed by atoms with Gasteiger partial charge in [0.2, 0.25) is 0 Å². The van der Waals surface area contributed by atoms with Gasteiger partial charge in [0.1, 0.15) is 5.82 Å². The molecule has 0 fully saturated rings. The first-order valence-electron chi connectivity index (χ1n) is 7.75. The lowest BCUT2D eigenvalue weighted by molar-refractivity contribution is -0.607. The highest BCUT2D eigenvalue weighted by Gasteiger charge is 2.15. The van der Waals surface area contributed by atoms with Crippen molar-refractivity contribution in [2.24, 2.45) is 0 Å². The van der Waals surface area contributed by atoms with E-state index in [0.29, 0.717) is 10.4 Å². The molecule has 122 valence electrons. The number of nitrogens with zero attached hydrogens (tertiary/aromatic N) is 2. The number of anilines is 1. The summed E-state index contributed by atoms with van der Waals surface area (Å²) in [5.74, 6) is 0.312. The molecule has 0 radical (unpaired) electrons. The van der Waals surface area contributed by atoms with Crippen molar-refractivity contribution in [1.82, 2.24) is 9.97 Å². The molecule has 2 heterocycles. The molecule has 0 bridgehead atoms. The molecule has 6 heteroatoms. The number of pyridine rings is 1. The molecule has 6 nitrogen and oxygen atoms in total. The summed E-state index contributed by atoms with van der Waals surface area (Å²) in [4.78, 5) is 20.0. The molecule has 4 rings (SSSR count). The Balaban J connectivity index is 1.56. The molecule has 0 saturated heterocycles. The number of amides is 1. The van der Waals surface area contributed by atoms with Gasteiger partial charge in [0, 0.05) is 23.4 Å². The molecule has 4 aromatic rings. The van der Waals surface area contributed by atoms with Crippen LogP contribution in [0.5, 0.6) is 0 Å². The molecule has 0 unspecified atom stereocenters. The van der Waals surface area contributed by atoms with E-state index < -0.39 is 5.91 Å². The minimum absolute atomic E-state index is 0.0452. The van der Waals surface area contributed by atoms with E-state index in [4.69, 9.17) is 0 Å². The van der Waals surface area contributed by atoms with Crippen LogP contribution in [0.1, 0.15) is 10.5 Å². The minimum atomic E-state index is -0.452. The monoisotopic (exact) mass is 330 g/mol. The van der Waals surface area contributed by atoms with E-state index in [2.05, 4.69) is 15.3 Å². The number of benzene rings is 2. The standard InChI is InChI=1S/C19H14N4O2/c24-19(17-7-3-4-12-23(17)25)20-14-10-8-13(9-11-14)18-21-15-5-1-2-6-16(15)22-18/h1-12H,(H,20,24)(H,21,22). The number of carbonyl (C=O) groups excluding carboxylic acids is 1. The molecule has 2 aromatic carbocycles. The molecule has 0 spiro atoms. The lowest BCUT2D eigenvalue weighted by Crippen LogP contribution is -2.36. The summed E-state index contributed by atoms with van der Waals surface area (Å²) >= 11 is 0. The van der Waals surface area contributed by atoms with Crippen LogP contribution < -0.4 is 10.0 Å². The Kier molecular flexibility index (Phi) is 3.63. The van der Waals surface area contributed by atoms with Crippen LogP contribution in [-0.2, 0) is 0 Å². The highest BCUT2D eigenvalue weighted by Crippen LogP contribution is 2.22. The first-order chi connectivity index (χ1) is 12.2. The number of imidazole rings is 1. The third kappa shape index (κ3) is 2.92. The molecule has 2 N–H and O–H groups in total. The number of para-hydroxylation sites is 2. The van der Waals surface area contributed by atoms with Gasteiger partial charge in [0.15, 0.2) is 6.20 Å². The van der Waals surface area contributed by atoms with Crippen LogP contribution in [-0.4, -0.2) is 15.9 Å². The van der Waals surface area contributed by atoms with Crippen LogP contribution >= 0.6 is 0 Å². The van der Waals surface area contributed by atoms with Crippen molar-refractivity contribution in [2.45, 2.75) is 0 Å². The fourth-order valence-electron chi connectivity index (χ4n) is 2.60. The van der Waals surface area contributed by atoms with Crippen LogP contribution in [0.15, 0.2) is 72.9 Å². The number of hydrogen-bond donors (Lipinski definition) is 2. The van der Waals surface area contributed by atoms with Crippen LogP contribution in [0, 0.1) is 5.21 Å². The highest BCUT2D eigenvalue weighted by atomic mass is 16.5. The van der Waals surface area contributed by atoms with Crippen molar-refractivity contribution in [3.8, 4) is 11.4 Å². The smallest absolute Gasteiger partial charge is 0.321 e. The second-order valence-electron chi connectivity index (χ2n) is 5.55. The van der Waals surface area contributed by atoms with Crippen molar-refractivity contribution in [3.05, 3.63) is 83.8 Å². The van der Waals surface area contributed by atoms with E-state index in [-0.39, 0.29) is 5.69 Å². The molecular weight excluding hydrogens is 316 g/mol. The molecule has 0 aliphatic carbocycles. The first-order valence-corrected chi connectivity index (χ1v) is 7.75. The summed E-state index contributed by atoms with van der Waals surface area (Å²) < 4.78 is 0.540. The van der Waals surface area contributed by atoms with E-state index in [1.54, 1.807) is 24.3 Å². The maximum absolute atomic E-state index is 12.2. The summed E-state index contributed by atoms with van der Waals surface area (Å²) in [5.41, 5.74) is 3.43. The largest absolute Gasteiger partial charge is 0.618 e. The van der Waals surface area contributed by atoms with Gasteiger partial charge in [0.25, 0.3) is 5.69 Å². The average molecular weight is 330 g/mol. The number of carbonyl (C=O) groups is 1. The molecular formula is C19H14N4O2. The predicted molar refractivity (Wildman–Crippen MR) is 94.9 cm³/mol. The maximum atomic E-state index is 12.2. The van der Waals surface area contributed by atoms with E-state index in [9.17, 15) is 10.0 Å². The molecule has 1 amide bonds. The van der Waals surface area contributed by atoms with Gasteiger partial charge in [0.05, 0.1) is 11.0 Å². The van der Waals surface area contributed by atoms with Crippen molar-refractivity contribution in [1.29, 1.82) is 0 Å². The van der Waals surface area contributed by atoms with Gasteiger partial charge in [-0.1, -0.05) is 12.1 Å². The Morgan fingerprint density at radius 2 is 1.76 bits per heavy atom. The molecule has 0 atom stereocenters. The Morgan fingerprint density at radius 1 is 1.00 bits per heavy atom. The number of rotatable bonds is 3. The van der Waals surface area contributed by atoms with Gasteiger partial charge in [-0.15, -0.1) is 0 Å². The second kappa shape index (κ2) is 6.09. The maximum Gasteiger partial charge on any atom is 0.321 e. The third-order valence-corrected chi connectivity index (χ3v) is 3.86. The first kappa shape index (κ1) is 14.9. The van der Waals surface area contributed by atoms with Crippen molar-refractivity contribution in [3.63, 3.8) is 0 Å². The van der Waals surface area contributed by atoms with Gasteiger partial charge >= 0.3 is 5.91 Å². The molecule has 0 aliphatic rings. The van der Waals surface area contributed by atoms with Crippen molar-refractivity contribution in [2.75, 3.05) is 5.32 Å². The highest BCUT2D eigenvalue weighted by molar-refractivity contribution is 6.01.